The molecule has 0 heterocycles. The van der Waals surface area contributed by atoms with E-state index in [9.17, 15) is 9.50 Å². The molecule has 1 atom stereocenters. The monoisotopic (exact) mass is 376 g/mol. The smallest absolute Gasteiger partial charge is 0.167 e. The van der Waals surface area contributed by atoms with Crippen molar-refractivity contribution in [1.82, 2.24) is 10.6 Å². The number of aromatic hydroxyl groups is 1. The quantitative estimate of drug-likeness (QED) is 0.451. The molecule has 0 aliphatic heterocycles. The van der Waals surface area contributed by atoms with Gasteiger partial charge in [0.1, 0.15) is 0 Å². The molecule has 6 heteroatoms. The average Bonchev–Trinajstić information content (AvgIpc) is 2.67. The van der Waals surface area contributed by atoms with Gasteiger partial charge in [-0.1, -0.05) is 36.4 Å². The minimum atomic E-state index is -0.299. The minimum absolute atomic E-state index is 0.0390. The van der Waals surface area contributed by atoms with Crippen LogP contribution < -0.4 is 15.4 Å². The van der Waals surface area contributed by atoms with Gasteiger partial charge in [-0.2, -0.15) is 0 Å². The second kappa shape index (κ2) is 10.6. The van der Waals surface area contributed by atoms with Crippen molar-refractivity contribution in [3.05, 3.63) is 59.7 Å². The number of ether oxygens (including phenoxy) is 1. The molecule has 0 saturated carbocycles. The number of phenols is 1. The van der Waals surface area contributed by atoms with Crippen molar-refractivity contribution in [2.24, 2.45) is 0 Å². The van der Waals surface area contributed by atoms with Crippen molar-refractivity contribution >= 4 is 17.3 Å². The first-order valence-corrected chi connectivity index (χ1v) is 9.06. The number of rotatable bonds is 9. The highest BCUT2D eigenvalue weighted by Crippen LogP contribution is 2.26. The molecule has 0 saturated heterocycles. The van der Waals surface area contributed by atoms with E-state index in [1.807, 2.05) is 36.4 Å². The molecule has 0 fully saturated rings. The van der Waals surface area contributed by atoms with Crippen molar-refractivity contribution in [3.63, 3.8) is 0 Å². The Morgan fingerprint density at radius 2 is 1.96 bits per heavy atom. The lowest BCUT2D eigenvalue weighted by Gasteiger charge is -2.21. The van der Waals surface area contributed by atoms with E-state index in [4.69, 9.17) is 17.0 Å². The standard InChI is InChI=1S/C20H25FN2O2S/c1-25-19-13-15(10-11-18(19)24)14-22-20(26)23-17(9-5-6-12-21)16-7-3-2-4-8-16/h2-4,7-8,10-11,13,17,24H,5-6,9,12,14H2,1H3,(H2,22,23,26). The summed E-state index contributed by atoms with van der Waals surface area (Å²) in [6, 6.07) is 15.2. The summed E-state index contributed by atoms with van der Waals surface area (Å²) >= 11 is 5.42. The van der Waals surface area contributed by atoms with E-state index in [1.54, 1.807) is 12.1 Å². The topological polar surface area (TPSA) is 53.5 Å². The molecule has 2 aromatic carbocycles. The van der Waals surface area contributed by atoms with Crippen molar-refractivity contribution in [2.45, 2.75) is 31.8 Å². The average molecular weight is 376 g/mol. The second-order valence-corrected chi connectivity index (χ2v) is 6.39. The molecule has 140 valence electrons. The van der Waals surface area contributed by atoms with Crippen molar-refractivity contribution < 1.29 is 14.2 Å². The highest BCUT2D eigenvalue weighted by Gasteiger charge is 2.12. The summed E-state index contributed by atoms with van der Waals surface area (Å²) in [6.07, 6.45) is 2.15. The van der Waals surface area contributed by atoms with Gasteiger partial charge in [-0.25, -0.2) is 0 Å². The molecule has 2 aromatic rings. The van der Waals surface area contributed by atoms with Gasteiger partial charge in [-0.05, 0) is 54.7 Å². The van der Waals surface area contributed by atoms with E-state index >= 15 is 0 Å². The first-order valence-electron chi connectivity index (χ1n) is 8.65. The summed E-state index contributed by atoms with van der Waals surface area (Å²) in [5.41, 5.74) is 2.07. The predicted molar refractivity (Wildman–Crippen MR) is 106 cm³/mol. The number of halogens is 1. The van der Waals surface area contributed by atoms with Crippen LogP contribution in [0.5, 0.6) is 11.5 Å². The number of phenolic OH excluding ortho intramolecular Hbond substituents is 1. The maximum atomic E-state index is 12.4. The normalized spacial score (nSPS) is 11.6. The molecule has 0 aliphatic rings. The van der Waals surface area contributed by atoms with E-state index in [0.29, 0.717) is 23.8 Å². The molecule has 4 nitrogen and oxygen atoms in total. The van der Waals surface area contributed by atoms with Gasteiger partial charge in [0.25, 0.3) is 0 Å². The lowest BCUT2D eigenvalue weighted by molar-refractivity contribution is 0.373. The number of hydrogen-bond acceptors (Lipinski definition) is 3. The zero-order valence-electron chi connectivity index (χ0n) is 14.9. The summed E-state index contributed by atoms with van der Waals surface area (Å²) in [7, 11) is 1.51. The van der Waals surface area contributed by atoms with Gasteiger partial charge >= 0.3 is 0 Å². The van der Waals surface area contributed by atoms with Gasteiger partial charge in [0, 0.05) is 6.54 Å². The van der Waals surface area contributed by atoms with E-state index in [-0.39, 0.29) is 18.5 Å². The van der Waals surface area contributed by atoms with Gasteiger partial charge in [0.2, 0.25) is 0 Å². The van der Waals surface area contributed by atoms with Crippen molar-refractivity contribution in [1.29, 1.82) is 0 Å². The summed E-state index contributed by atoms with van der Waals surface area (Å²) in [6.45, 7) is 0.210. The molecule has 0 aliphatic carbocycles. The van der Waals surface area contributed by atoms with E-state index in [0.717, 1.165) is 24.0 Å². The highest BCUT2D eigenvalue weighted by molar-refractivity contribution is 7.80. The fourth-order valence-corrected chi connectivity index (χ4v) is 2.89. The molecule has 0 aromatic heterocycles. The van der Waals surface area contributed by atoms with Crippen LogP contribution in [-0.2, 0) is 6.54 Å². The Labute approximate surface area is 159 Å². The van der Waals surface area contributed by atoms with Crippen LogP contribution in [0.1, 0.15) is 36.4 Å². The predicted octanol–water partition coefficient (Wildman–Crippen LogP) is 4.25. The van der Waals surface area contributed by atoms with Gasteiger partial charge in [0.15, 0.2) is 16.6 Å². The Morgan fingerprint density at radius 3 is 2.65 bits per heavy atom. The third kappa shape index (κ3) is 6.19. The Bertz CT molecular complexity index is 697. The third-order valence-corrected chi connectivity index (χ3v) is 4.34. The maximum absolute atomic E-state index is 12.4. The number of unbranched alkanes of at least 4 members (excludes halogenated alkanes) is 1. The molecule has 0 spiro atoms. The third-order valence-electron chi connectivity index (χ3n) is 4.08. The molecule has 1 unspecified atom stereocenters. The largest absolute Gasteiger partial charge is 0.504 e. The van der Waals surface area contributed by atoms with Crippen molar-refractivity contribution in [2.75, 3.05) is 13.8 Å². The zero-order chi connectivity index (χ0) is 18.8. The van der Waals surface area contributed by atoms with E-state index in [2.05, 4.69) is 10.6 Å². The summed E-state index contributed by atoms with van der Waals surface area (Å²) < 4.78 is 17.5. The molecule has 0 radical (unpaired) electrons. The van der Waals surface area contributed by atoms with Gasteiger partial charge in [-0.3, -0.25) is 4.39 Å². The Hall–Kier alpha value is -2.34. The summed E-state index contributed by atoms with van der Waals surface area (Å²) in [4.78, 5) is 0. The van der Waals surface area contributed by atoms with Crippen LogP contribution in [0, 0.1) is 0 Å². The summed E-state index contributed by atoms with van der Waals surface area (Å²) in [5.74, 6) is 0.533. The number of methoxy groups -OCH3 is 1. The lowest BCUT2D eigenvalue weighted by Crippen LogP contribution is -2.37. The number of hydrogen-bond donors (Lipinski definition) is 3. The molecule has 26 heavy (non-hydrogen) atoms. The molecule has 0 amide bonds. The Morgan fingerprint density at radius 1 is 1.19 bits per heavy atom. The minimum Gasteiger partial charge on any atom is -0.504 e. The van der Waals surface area contributed by atoms with Gasteiger partial charge < -0.3 is 20.5 Å². The summed E-state index contributed by atoms with van der Waals surface area (Å²) in [5, 5.41) is 16.7. The molecular weight excluding hydrogens is 351 g/mol. The van der Waals surface area contributed by atoms with Crippen LogP contribution in [0.15, 0.2) is 48.5 Å². The molecular formula is C20H25FN2O2S. The number of alkyl halides is 1. The first-order chi connectivity index (χ1) is 12.6. The fraction of sp³-hybridized carbons (Fsp3) is 0.350. The van der Waals surface area contributed by atoms with Crippen LogP contribution >= 0.6 is 12.2 Å². The molecule has 0 bridgehead atoms. The molecule has 3 N–H and O–H groups in total. The van der Waals surface area contributed by atoms with Crippen LogP contribution in [-0.4, -0.2) is 24.0 Å². The van der Waals surface area contributed by atoms with E-state index < -0.39 is 0 Å². The van der Waals surface area contributed by atoms with Gasteiger partial charge in [-0.15, -0.1) is 0 Å². The van der Waals surface area contributed by atoms with E-state index in [1.165, 1.54) is 7.11 Å². The SMILES string of the molecule is COc1cc(CNC(=S)NC(CCCCF)c2ccccc2)ccc1O. The zero-order valence-corrected chi connectivity index (χ0v) is 15.7. The Kier molecular flexibility index (Phi) is 8.15. The van der Waals surface area contributed by atoms with Crippen LogP contribution in [0.4, 0.5) is 4.39 Å². The fourth-order valence-electron chi connectivity index (χ4n) is 2.67. The van der Waals surface area contributed by atoms with Crippen LogP contribution in [0.2, 0.25) is 0 Å². The Balaban J connectivity index is 1.94. The number of benzene rings is 2. The number of nitrogens with one attached hydrogen (secondary N) is 2. The molecule has 2 rings (SSSR count). The lowest BCUT2D eigenvalue weighted by atomic mass is 10.0. The van der Waals surface area contributed by atoms with Crippen LogP contribution in [0.3, 0.4) is 0 Å². The number of thiocarbonyl (C=S) groups is 1. The highest BCUT2D eigenvalue weighted by atomic mass is 32.1. The van der Waals surface area contributed by atoms with Crippen molar-refractivity contribution in [3.8, 4) is 11.5 Å². The maximum Gasteiger partial charge on any atom is 0.167 e. The first kappa shape index (κ1) is 20.0. The second-order valence-electron chi connectivity index (χ2n) is 5.98. The van der Waals surface area contributed by atoms with Crippen LogP contribution in [0.25, 0.3) is 0 Å². The van der Waals surface area contributed by atoms with Gasteiger partial charge in [0.05, 0.1) is 19.8 Å².